The number of rotatable bonds is 5. The van der Waals surface area contributed by atoms with Gasteiger partial charge in [-0.15, -0.1) is 0 Å². The molecule has 0 aliphatic heterocycles. The summed E-state index contributed by atoms with van der Waals surface area (Å²) < 4.78 is 5.78. The van der Waals surface area contributed by atoms with Crippen molar-refractivity contribution in [3.63, 3.8) is 0 Å². The van der Waals surface area contributed by atoms with Crippen LogP contribution >= 0.6 is 11.3 Å². The van der Waals surface area contributed by atoms with E-state index in [1.807, 2.05) is 32.0 Å². The number of benzene rings is 1. The molecule has 0 aliphatic rings. The first-order valence-electron chi connectivity index (χ1n) is 5.76. The van der Waals surface area contributed by atoms with Gasteiger partial charge in [0.2, 0.25) is 0 Å². The lowest BCUT2D eigenvalue weighted by Crippen LogP contribution is -2.09. The highest BCUT2D eigenvalue weighted by atomic mass is 32.1. The Hall–Kier alpha value is -1.48. The van der Waals surface area contributed by atoms with Crippen molar-refractivity contribution >= 4 is 17.0 Å². The van der Waals surface area contributed by atoms with Crippen LogP contribution in [-0.2, 0) is 6.54 Å². The van der Waals surface area contributed by atoms with Crippen LogP contribution in [0.25, 0.3) is 0 Å². The molecule has 0 saturated carbocycles. The third kappa shape index (κ3) is 3.49. The highest BCUT2D eigenvalue weighted by Gasteiger charge is 2.04. The number of nitrogens with one attached hydrogen (secondary N) is 1. The van der Waals surface area contributed by atoms with Gasteiger partial charge < -0.3 is 10.1 Å². The fraction of sp³-hybridized carbons (Fsp3) is 0.286. The molecule has 17 heavy (non-hydrogen) atoms. The topological polar surface area (TPSA) is 21.3 Å². The van der Waals surface area contributed by atoms with Crippen LogP contribution < -0.4 is 10.1 Å². The highest BCUT2D eigenvalue weighted by molar-refractivity contribution is 7.08. The Morgan fingerprint density at radius 2 is 2.06 bits per heavy atom. The van der Waals surface area contributed by atoms with E-state index in [1.54, 1.807) is 11.3 Å². The van der Waals surface area contributed by atoms with Crippen molar-refractivity contribution in [1.29, 1.82) is 0 Å². The lowest BCUT2D eigenvalue weighted by molar-refractivity contribution is 0.240. The Kier molecular flexibility index (Phi) is 4.04. The smallest absolute Gasteiger partial charge is 0.124 e. The molecule has 0 unspecified atom stereocenters. The van der Waals surface area contributed by atoms with Gasteiger partial charge in [-0.1, -0.05) is 18.2 Å². The van der Waals surface area contributed by atoms with E-state index in [2.05, 4.69) is 28.2 Å². The summed E-state index contributed by atoms with van der Waals surface area (Å²) in [5.74, 6) is 0.963. The molecule has 1 aromatic carbocycles. The first-order valence-corrected chi connectivity index (χ1v) is 6.70. The van der Waals surface area contributed by atoms with Crippen LogP contribution in [0.5, 0.6) is 5.75 Å². The Labute approximate surface area is 106 Å². The molecule has 1 N–H and O–H groups in total. The van der Waals surface area contributed by atoms with E-state index in [9.17, 15) is 0 Å². The first-order chi connectivity index (χ1) is 8.25. The second-order valence-electron chi connectivity index (χ2n) is 4.14. The number of thiophene rings is 1. The van der Waals surface area contributed by atoms with Gasteiger partial charge in [0, 0.05) is 23.2 Å². The molecule has 0 amide bonds. The molecule has 0 radical (unpaired) electrons. The van der Waals surface area contributed by atoms with Crippen molar-refractivity contribution in [2.45, 2.75) is 26.5 Å². The molecule has 2 rings (SSSR count). The van der Waals surface area contributed by atoms with Crippen LogP contribution in [0.2, 0.25) is 0 Å². The van der Waals surface area contributed by atoms with Gasteiger partial charge in [0.15, 0.2) is 0 Å². The van der Waals surface area contributed by atoms with Crippen molar-refractivity contribution in [1.82, 2.24) is 0 Å². The largest absolute Gasteiger partial charge is 0.491 e. The zero-order chi connectivity index (χ0) is 12.1. The summed E-state index contributed by atoms with van der Waals surface area (Å²) >= 11 is 1.70. The second-order valence-corrected chi connectivity index (χ2v) is 4.92. The van der Waals surface area contributed by atoms with Crippen LogP contribution in [0.1, 0.15) is 19.4 Å². The molecule has 0 spiro atoms. The van der Waals surface area contributed by atoms with Crippen molar-refractivity contribution in [2.75, 3.05) is 5.32 Å². The van der Waals surface area contributed by atoms with Gasteiger partial charge in [0.05, 0.1) is 6.10 Å². The van der Waals surface area contributed by atoms with Crippen LogP contribution in [0, 0.1) is 0 Å². The van der Waals surface area contributed by atoms with E-state index in [4.69, 9.17) is 4.74 Å². The van der Waals surface area contributed by atoms with Crippen molar-refractivity contribution in [2.24, 2.45) is 0 Å². The van der Waals surface area contributed by atoms with Gasteiger partial charge in [-0.3, -0.25) is 0 Å². The summed E-state index contributed by atoms with van der Waals surface area (Å²) in [7, 11) is 0. The quantitative estimate of drug-likeness (QED) is 0.857. The first kappa shape index (κ1) is 12.0. The van der Waals surface area contributed by atoms with Gasteiger partial charge in [-0.2, -0.15) is 11.3 Å². The predicted octanol–water partition coefficient (Wildman–Crippen LogP) is 4.15. The normalized spacial score (nSPS) is 10.5. The number of ether oxygens (including phenoxy) is 1. The van der Waals surface area contributed by atoms with Crippen LogP contribution in [0.3, 0.4) is 0 Å². The highest BCUT2D eigenvalue weighted by Crippen LogP contribution is 2.21. The Morgan fingerprint density at radius 3 is 2.76 bits per heavy atom. The van der Waals surface area contributed by atoms with Gasteiger partial charge in [0.25, 0.3) is 0 Å². The molecule has 2 nitrogen and oxygen atoms in total. The molecule has 0 fully saturated rings. The van der Waals surface area contributed by atoms with Crippen molar-refractivity contribution < 1.29 is 4.74 Å². The molecule has 0 saturated heterocycles. The third-order valence-electron chi connectivity index (χ3n) is 2.34. The van der Waals surface area contributed by atoms with E-state index in [0.29, 0.717) is 0 Å². The number of hydrogen-bond donors (Lipinski definition) is 1. The standard InChI is InChI=1S/C14H17NOS/c1-11(2)16-14-6-4-3-5-12(14)9-15-13-7-8-17-10-13/h3-8,10-11,15H,9H2,1-2H3. The SMILES string of the molecule is CC(C)Oc1ccccc1CNc1ccsc1. The molecule has 0 aliphatic carbocycles. The lowest BCUT2D eigenvalue weighted by atomic mass is 10.2. The van der Waals surface area contributed by atoms with E-state index in [-0.39, 0.29) is 6.10 Å². The summed E-state index contributed by atoms with van der Waals surface area (Å²) in [4.78, 5) is 0. The monoisotopic (exact) mass is 247 g/mol. The minimum absolute atomic E-state index is 0.206. The van der Waals surface area contributed by atoms with Crippen LogP contribution in [0.15, 0.2) is 41.1 Å². The molecule has 0 bridgehead atoms. The van der Waals surface area contributed by atoms with Crippen molar-refractivity contribution in [3.8, 4) is 5.75 Å². The maximum Gasteiger partial charge on any atom is 0.124 e. The zero-order valence-corrected chi connectivity index (χ0v) is 11.0. The van der Waals surface area contributed by atoms with E-state index >= 15 is 0 Å². The Morgan fingerprint density at radius 1 is 1.24 bits per heavy atom. The molecule has 3 heteroatoms. The molecule has 1 aromatic heterocycles. The van der Waals surface area contributed by atoms with E-state index in [0.717, 1.165) is 18.0 Å². The molecular weight excluding hydrogens is 230 g/mol. The van der Waals surface area contributed by atoms with Crippen molar-refractivity contribution in [3.05, 3.63) is 46.7 Å². The molecule has 2 aromatic rings. The maximum atomic E-state index is 5.78. The summed E-state index contributed by atoms with van der Waals surface area (Å²) in [6, 6.07) is 10.2. The lowest BCUT2D eigenvalue weighted by Gasteiger charge is -2.14. The van der Waals surface area contributed by atoms with Crippen LogP contribution in [0.4, 0.5) is 5.69 Å². The third-order valence-corrected chi connectivity index (χ3v) is 3.02. The van der Waals surface area contributed by atoms with Crippen LogP contribution in [-0.4, -0.2) is 6.10 Å². The maximum absolute atomic E-state index is 5.78. The minimum Gasteiger partial charge on any atom is -0.491 e. The summed E-state index contributed by atoms with van der Waals surface area (Å²) in [5.41, 5.74) is 2.35. The summed E-state index contributed by atoms with van der Waals surface area (Å²) in [6.45, 7) is 4.88. The Balaban J connectivity index is 2.04. The van der Waals surface area contributed by atoms with E-state index in [1.165, 1.54) is 5.56 Å². The fourth-order valence-electron chi connectivity index (χ4n) is 1.58. The van der Waals surface area contributed by atoms with Gasteiger partial charge >= 0.3 is 0 Å². The molecule has 1 heterocycles. The molecular formula is C14H17NOS. The number of hydrogen-bond acceptors (Lipinski definition) is 3. The summed E-state index contributed by atoms with van der Waals surface area (Å²) in [6.07, 6.45) is 0.206. The Bertz CT molecular complexity index is 451. The molecule has 90 valence electrons. The average Bonchev–Trinajstić information content (AvgIpc) is 2.80. The predicted molar refractivity (Wildman–Crippen MR) is 73.9 cm³/mol. The zero-order valence-electron chi connectivity index (χ0n) is 10.1. The number of anilines is 1. The van der Waals surface area contributed by atoms with Gasteiger partial charge in [0.1, 0.15) is 5.75 Å². The fourth-order valence-corrected chi connectivity index (χ4v) is 2.19. The minimum atomic E-state index is 0.206. The second kappa shape index (κ2) is 5.73. The number of para-hydroxylation sites is 1. The molecule has 0 atom stereocenters. The summed E-state index contributed by atoms with van der Waals surface area (Å²) in [5, 5.41) is 7.56. The van der Waals surface area contributed by atoms with Gasteiger partial charge in [-0.25, -0.2) is 0 Å². The average molecular weight is 247 g/mol. The van der Waals surface area contributed by atoms with Gasteiger partial charge in [-0.05, 0) is 31.4 Å². The van der Waals surface area contributed by atoms with E-state index < -0.39 is 0 Å².